The van der Waals surface area contributed by atoms with Crippen LogP contribution in [0.15, 0.2) is 97.5 Å². The topological polar surface area (TPSA) is 122 Å². The molecule has 0 aliphatic rings. The largest absolute Gasteiger partial charge is 0.487 e. The summed E-state index contributed by atoms with van der Waals surface area (Å²) in [5.41, 5.74) is 6.46. The van der Waals surface area contributed by atoms with Crippen molar-refractivity contribution in [2.75, 3.05) is 5.32 Å². The highest BCUT2D eigenvalue weighted by Gasteiger charge is 2.17. The second-order valence-corrected chi connectivity index (χ2v) is 11.7. The standard InChI is InChI=1S/C37H30Cl2N6O3/c1-22-8-11-25-5-3-7-32(36(25)44-22)48-21-29-30(38)13-12-28(35(29)39)27-16-18-41-31(27)20-43-34(46)15-10-24-9-14-33(42-19-24)45-37(47)26-6-4-17-40-23(26)2/h3-19,41H,20-21H2,1-2H3,(H,43,46)(H,42,45,47)/b15-10+. The lowest BCUT2D eigenvalue weighted by molar-refractivity contribution is -0.116. The Balaban J connectivity index is 1.09. The molecule has 240 valence electrons. The second-order valence-electron chi connectivity index (χ2n) is 10.9. The van der Waals surface area contributed by atoms with Crippen LogP contribution in [-0.4, -0.2) is 31.8 Å². The molecule has 0 saturated carbocycles. The first-order chi connectivity index (χ1) is 23.3. The minimum absolute atomic E-state index is 0.147. The van der Waals surface area contributed by atoms with E-state index in [0.29, 0.717) is 44.0 Å². The molecule has 6 aromatic rings. The maximum Gasteiger partial charge on any atom is 0.258 e. The number of benzene rings is 2. The molecule has 6 rings (SSSR count). The third kappa shape index (κ3) is 7.38. The number of hydrogen-bond acceptors (Lipinski definition) is 6. The fraction of sp³-hybridized carbons (Fsp3) is 0.108. The number of aromatic nitrogens is 4. The third-order valence-electron chi connectivity index (χ3n) is 7.65. The summed E-state index contributed by atoms with van der Waals surface area (Å²) >= 11 is 13.5. The van der Waals surface area contributed by atoms with Crippen LogP contribution < -0.4 is 15.4 Å². The summed E-state index contributed by atoms with van der Waals surface area (Å²) in [7, 11) is 0. The maximum absolute atomic E-state index is 12.7. The number of rotatable bonds is 10. The van der Waals surface area contributed by atoms with Crippen molar-refractivity contribution in [3.8, 4) is 16.9 Å². The average Bonchev–Trinajstić information content (AvgIpc) is 3.55. The van der Waals surface area contributed by atoms with Crippen molar-refractivity contribution in [2.45, 2.75) is 27.0 Å². The Labute approximate surface area is 287 Å². The summed E-state index contributed by atoms with van der Waals surface area (Å²) in [6.07, 6.45) is 8.06. The van der Waals surface area contributed by atoms with Gasteiger partial charge in [-0.15, -0.1) is 0 Å². The molecule has 0 unspecified atom stereocenters. The van der Waals surface area contributed by atoms with Crippen molar-refractivity contribution in [1.82, 2.24) is 25.3 Å². The maximum atomic E-state index is 12.7. The molecule has 2 aromatic carbocycles. The van der Waals surface area contributed by atoms with E-state index in [1.807, 2.05) is 49.4 Å². The Bertz CT molecular complexity index is 2160. The van der Waals surface area contributed by atoms with E-state index in [1.54, 1.807) is 61.9 Å². The molecule has 0 spiro atoms. The van der Waals surface area contributed by atoms with E-state index >= 15 is 0 Å². The quantitative estimate of drug-likeness (QED) is 0.126. The molecule has 0 fully saturated rings. The first kappa shape index (κ1) is 32.4. The lowest BCUT2D eigenvalue weighted by Gasteiger charge is -2.15. The number of ether oxygens (including phenoxy) is 1. The zero-order valence-corrected chi connectivity index (χ0v) is 27.6. The van der Waals surface area contributed by atoms with Gasteiger partial charge in [-0.25, -0.2) is 9.97 Å². The number of nitrogens with zero attached hydrogens (tertiary/aromatic N) is 3. The average molecular weight is 678 g/mol. The Hall–Kier alpha value is -5.51. The highest BCUT2D eigenvalue weighted by Crippen LogP contribution is 2.37. The smallest absolute Gasteiger partial charge is 0.258 e. The lowest BCUT2D eigenvalue weighted by Crippen LogP contribution is -2.20. The fourth-order valence-corrected chi connectivity index (χ4v) is 5.70. The molecule has 11 heteroatoms. The summed E-state index contributed by atoms with van der Waals surface area (Å²) in [5, 5.41) is 7.57. The van der Waals surface area contributed by atoms with Crippen LogP contribution in [0.2, 0.25) is 10.0 Å². The van der Waals surface area contributed by atoms with Crippen LogP contribution in [0.25, 0.3) is 28.1 Å². The number of aromatic amines is 1. The van der Waals surface area contributed by atoms with Crippen LogP contribution in [0, 0.1) is 13.8 Å². The van der Waals surface area contributed by atoms with Crippen LogP contribution in [0.5, 0.6) is 5.75 Å². The molecule has 2 amide bonds. The number of H-pyrrole nitrogens is 1. The van der Waals surface area contributed by atoms with Crippen molar-refractivity contribution in [1.29, 1.82) is 0 Å². The predicted octanol–water partition coefficient (Wildman–Crippen LogP) is 8.10. The van der Waals surface area contributed by atoms with Crippen molar-refractivity contribution < 1.29 is 14.3 Å². The summed E-state index contributed by atoms with van der Waals surface area (Å²) < 4.78 is 6.18. The van der Waals surface area contributed by atoms with Crippen molar-refractivity contribution in [2.24, 2.45) is 0 Å². The van der Waals surface area contributed by atoms with E-state index < -0.39 is 0 Å². The second kappa shape index (κ2) is 14.5. The molecular formula is C37H30Cl2N6O3. The van der Waals surface area contributed by atoms with Gasteiger partial charge in [-0.3, -0.25) is 14.6 Å². The Morgan fingerprint density at radius 2 is 1.81 bits per heavy atom. The van der Waals surface area contributed by atoms with Crippen LogP contribution in [0.1, 0.15) is 38.6 Å². The zero-order valence-electron chi connectivity index (χ0n) is 26.1. The number of carbonyl (C=O) groups excluding carboxylic acids is 2. The molecule has 0 radical (unpaired) electrons. The predicted molar refractivity (Wildman–Crippen MR) is 189 cm³/mol. The zero-order chi connectivity index (χ0) is 33.6. The Morgan fingerprint density at radius 3 is 2.62 bits per heavy atom. The number of aryl methyl sites for hydroxylation is 2. The van der Waals surface area contributed by atoms with Crippen LogP contribution in [0.3, 0.4) is 0 Å². The monoisotopic (exact) mass is 676 g/mol. The summed E-state index contributed by atoms with van der Waals surface area (Å²) in [6.45, 7) is 4.08. The van der Waals surface area contributed by atoms with Gasteiger partial charge in [0, 0.05) is 68.8 Å². The number of pyridine rings is 3. The fourth-order valence-electron chi connectivity index (χ4n) is 5.12. The molecule has 0 aliphatic carbocycles. The van der Waals surface area contributed by atoms with Gasteiger partial charge in [0.2, 0.25) is 5.91 Å². The molecule has 0 saturated heterocycles. The molecule has 9 nitrogen and oxygen atoms in total. The summed E-state index contributed by atoms with van der Waals surface area (Å²) in [5.74, 6) is 0.439. The lowest BCUT2D eigenvalue weighted by atomic mass is 10.0. The molecule has 48 heavy (non-hydrogen) atoms. The molecule has 4 heterocycles. The van der Waals surface area contributed by atoms with Crippen molar-refractivity contribution in [3.63, 3.8) is 0 Å². The van der Waals surface area contributed by atoms with Gasteiger partial charge < -0.3 is 20.4 Å². The normalized spacial score (nSPS) is 11.2. The molecular weight excluding hydrogens is 647 g/mol. The van der Waals surface area contributed by atoms with Crippen LogP contribution in [0.4, 0.5) is 5.82 Å². The van der Waals surface area contributed by atoms with E-state index in [9.17, 15) is 9.59 Å². The van der Waals surface area contributed by atoms with Gasteiger partial charge in [0.25, 0.3) is 5.91 Å². The summed E-state index contributed by atoms with van der Waals surface area (Å²) in [4.78, 5) is 41.5. The Morgan fingerprint density at radius 1 is 0.938 bits per heavy atom. The first-order valence-corrected chi connectivity index (χ1v) is 15.8. The number of amides is 2. The number of para-hydroxylation sites is 1. The molecule has 0 atom stereocenters. The van der Waals surface area contributed by atoms with E-state index in [-0.39, 0.29) is 25.0 Å². The van der Waals surface area contributed by atoms with E-state index in [0.717, 1.165) is 33.4 Å². The van der Waals surface area contributed by atoms with Gasteiger partial charge in [0.05, 0.1) is 17.1 Å². The number of halogens is 2. The van der Waals surface area contributed by atoms with Crippen LogP contribution >= 0.6 is 23.2 Å². The molecule has 0 aliphatic heterocycles. The van der Waals surface area contributed by atoms with Gasteiger partial charge in [-0.2, -0.15) is 0 Å². The number of fused-ring (bicyclic) bond motifs is 1. The molecule has 0 bridgehead atoms. The van der Waals surface area contributed by atoms with Gasteiger partial charge in [0.1, 0.15) is 23.7 Å². The van der Waals surface area contributed by atoms with Gasteiger partial charge >= 0.3 is 0 Å². The van der Waals surface area contributed by atoms with Gasteiger partial charge in [0.15, 0.2) is 0 Å². The minimum Gasteiger partial charge on any atom is -0.487 e. The van der Waals surface area contributed by atoms with Crippen LogP contribution in [-0.2, 0) is 17.9 Å². The SMILES string of the molecule is Cc1ccc2cccc(OCc3c(Cl)ccc(-c4cc[nH]c4CNC(=O)/C=C/c4ccc(NC(=O)c5cccnc5C)nc4)c3Cl)c2n1. The van der Waals surface area contributed by atoms with E-state index in [1.165, 1.54) is 6.08 Å². The van der Waals surface area contributed by atoms with E-state index in [4.69, 9.17) is 27.9 Å². The number of anilines is 1. The molecule has 3 N–H and O–H groups in total. The van der Waals surface area contributed by atoms with E-state index in [2.05, 4.69) is 30.6 Å². The number of nitrogens with one attached hydrogen (secondary N) is 3. The van der Waals surface area contributed by atoms with Gasteiger partial charge in [-0.1, -0.05) is 47.5 Å². The first-order valence-electron chi connectivity index (χ1n) is 15.0. The third-order valence-corrected chi connectivity index (χ3v) is 8.44. The van der Waals surface area contributed by atoms with Crippen molar-refractivity contribution >= 4 is 57.8 Å². The van der Waals surface area contributed by atoms with Gasteiger partial charge in [-0.05, 0) is 74.0 Å². The Kier molecular flexibility index (Phi) is 9.80. The highest BCUT2D eigenvalue weighted by atomic mass is 35.5. The van der Waals surface area contributed by atoms with Crippen molar-refractivity contribution in [3.05, 3.63) is 141 Å². The summed E-state index contributed by atoms with van der Waals surface area (Å²) in [6, 6.07) is 22.1. The number of carbonyl (C=O) groups is 2. The number of hydrogen-bond donors (Lipinski definition) is 3. The highest BCUT2D eigenvalue weighted by molar-refractivity contribution is 6.37. The minimum atomic E-state index is -0.296. The molecule has 4 aromatic heterocycles.